The Morgan fingerprint density at radius 1 is 1.10 bits per heavy atom. The molecule has 6 heteroatoms. The summed E-state index contributed by atoms with van der Waals surface area (Å²) in [5.41, 5.74) is 8.86. The fraction of sp³-hybridized carbons (Fsp3) is 0.417. The van der Waals surface area contributed by atoms with Crippen LogP contribution >= 0.6 is 0 Å². The van der Waals surface area contributed by atoms with Crippen molar-refractivity contribution in [3.05, 3.63) is 71.0 Å². The Bertz CT molecular complexity index is 928. The molecule has 2 amide bonds. The zero-order valence-corrected chi connectivity index (χ0v) is 17.0. The summed E-state index contributed by atoms with van der Waals surface area (Å²) < 4.78 is 13.9. The molecule has 1 aliphatic heterocycles. The molecule has 3 N–H and O–H groups in total. The Morgan fingerprint density at radius 3 is 2.50 bits per heavy atom. The smallest absolute Gasteiger partial charge is 0.243 e. The van der Waals surface area contributed by atoms with Crippen molar-refractivity contribution in [2.24, 2.45) is 5.73 Å². The second kappa shape index (κ2) is 8.96. The number of carbonyl (C=O) groups is 2. The fourth-order valence-corrected chi connectivity index (χ4v) is 4.23. The first-order valence-electron chi connectivity index (χ1n) is 10.7. The van der Waals surface area contributed by atoms with Gasteiger partial charge in [-0.2, -0.15) is 0 Å². The summed E-state index contributed by atoms with van der Waals surface area (Å²) in [7, 11) is 0. The van der Waals surface area contributed by atoms with Gasteiger partial charge in [0.05, 0.1) is 0 Å². The van der Waals surface area contributed by atoms with E-state index in [2.05, 4.69) is 5.32 Å². The van der Waals surface area contributed by atoms with Crippen molar-refractivity contribution < 1.29 is 14.0 Å². The highest BCUT2D eigenvalue weighted by Crippen LogP contribution is 2.26. The van der Waals surface area contributed by atoms with Crippen LogP contribution in [0.5, 0.6) is 0 Å². The van der Waals surface area contributed by atoms with Gasteiger partial charge in [0.25, 0.3) is 0 Å². The summed E-state index contributed by atoms with van der Waals surface area (Å²) in [6.45, 7) is 0.393. The Morgan fingerprint density at radius 2 is 1.80 bits per heavy atom. The van der Waals surface area contributed by atoms with Crippen LogP contribution in [0.4, 0.5) is 4.39 Å². The standard InChI is InChI=1S/C24H28FN3O2/c25-21-11-4-3-7-17(21)12-19(26)14-23(29)28-15-18-8-2-1-6-16(18)13-22(28)24(30)27-20-9-5-10-20/h1-4,6-8,11,19-20,22H,5,9-10,12-15,26H2,(H,27,30)/t19-,22+/m1/s1. The van der Waals surface area contributed by atoms with Gasteiger partial charge in [0.2, 0.25) is 11.8 Å². The molecular weight excluding hydrogens is 381 g/mol. The van der Waals surface area contributed by atoms with E-state index < -0.39 is 12.1 Å². The topological polar surface area (TPSA) is 75.4 Å². The Hall–Kier alpha value is -2.73. The average Bonchev–Trinajstić information content (AvgIpc) is 2.71. The number of nitrogens with one attached hydrogen (secondary N) is 1. The molecule has 1 aliphatic carbocycles. The van der Waals surface area contributed by atoms with Gasteiger partial charge in [0.15, 0.2) is 0 Å². The molecule has 0 radical (unpaired) electrons. The maximum Gasteiger partial charge on any atom is 0.243 e. The molecule has 0 aromatic heterocycles. The van der Waals surface area contributed by atoms with Crippen molar-refractivity contribution in [2.45, 2.75) is 63.2 Å². The van der Waals surface area contributed by atoms with Gasteiger partial charge in [0, 0.05) is 31.5 Å². The third-order valence-electron chi connectivity index (χ3n) is 6.20. The van der Waals surface area contributed by atoms with Gasteiger partial charge in [-0.25, -0.2) is 4.39 Å². The number of rotatable bonds is 6. The van der Waals surface area contributed by atoms with E-state index in [0.717, 1.165) is 30.4 Å². The molecule has 0 unspecified atom stereocenters. The number of amides is 2. The minimum Gasteiger partial charge on any atom is -0.352 e. The maximum atomic E-state index is 13.9. The number of fused-ring (bicyclic) bond motifs is 1. The fourth-order valence-electron chi connectivity index (χ4n) is 4.23. The molecule has 2 aromatic carbocycles. The third-order valence-corrected chi connectivity index (χ3v) is 6.20. The second-order valence-electron chi connectivity index (χ2n) is 8.41. The molecule has 5 nitrogen and oxygen atoms in total. The highest BCUT2D eigenvalue weighted by atomic mass is 19.1. The van der Waals surface area contributed by atoms with E-state index >= 15 is 0 Å². The van der Waals surface area contributed by atoms with Gasteiger partial charge < -0.3 is 16.0 Å². The molecule has 30 heavy (non-hydrogen) atoms. The van der Waals surface area contributed by atoms with Crippen LogP contribution in [-0.2, 0) is 29.0 Å². The highest BCUT2D eigenvalue weighted by molar-refractivity contribution is 5.89. The van der Waals surface area contributed by atoms with Crippen molar-refractivity contribution in [2.75, 3.05) is 0 Å². The lowest BCUT2D eigenvalue weighted by Gasteiger charge is -2.38. The van der Waals surface area contributed by atoms with E-state index in [1.54, 1.807) is 23.1 Å². The van der Waals surface area contributed by atoms with Crippen molar-refractivity contribution in [3.8, 4) is 0 Å². The lowest BCUT2D eigenvalue weighted by Crippen LogP contribution is -2.55. The molecule has 2 aliphatic rings. The average molecular weight is 410 g/mol. The molecule has 1 heterocycles. The largest absolute Gasteiger partial charge is 0.352 e. The van der Waals surface area contributed by atoms with Crippen LogP contribution in [0, 0.1) is 5.82 Å². The first kappa shape index (κ1) is 20.5. The number of hydrogen-bond acceptors (Lipinski definition) is 3. The molecule has 158 valence electrons. The summed E-state index contributed by atoms with van der Waals surface area (Å²) in [5.74, 6) is -0.572. The first-order valence-corrected chi connectivity index (χ1v) is 10.7. The van der Waals surface area contributed by atoms with Gasteiger partial charge in [-0.3, -0.25) is 9.59 Å². The van der Waals surface area contributed by atoms with E-state index in [1.807, 2.05) is 24.3 Å². The third kappa shape index (κ3) is 4.54. The molecule has 0 spiro atoms. The van der Waals surface area contributed by atoms with Crippen LogP contribution in [0.25, 0.3) is 0 Å². The number of carbonyl (C=O) groups excluding carboxylic acids is 2. The van der Waals surface area contributed by atoms with Crippen LogP contribution in [0.3, 0.4) is 0 Å². The van der Waals surface area contributed by atoms with E-state index in [0.29, 0.717) is 18.5 Å². The van der Waals surface area contributed by atoms with E-state index in [-0.39, 0.29) is 36.5 Å². The van der Waals surface area contributed by atoms with Crippen LogP contribution in [0.15, 0.2) is 48.5 Å². The Labute approximate surface area is 176 Å². The van der Waals surface area contributed by atoms with Crippen LogP contribution < -0.4 is 11.1 Å². The van der Waals surface area contributed by atoms with E-state index in [1.165, 1.54) is 6.07 Å². The normalized spacial score (nSPS) is 19.5. The van der Waals surface area contributed by atoms with Crippen molar-refractivity contribution in [3.63, 3.8) is 0 Å². The van der Waals surface area contributed by atoms with Crippen molar-refractivity contribution >= 4 is 11.8 Å². The summed E-state index contributed by atoms with van der Waals surface area (Å²) >= 11 is 0. The summed E-state index contributed by atoms with van der Waals surface area (Å²) in [4.78, 5) is 27.8. The number of hydrogen-bond donors (Lipinski definition) is 2. The van der Waals surface area contributed by atoms with Crippen LogP contribution in [0.2, 0.25) is 0 Å². The van der Waals surface area contributed by atoms with Gasteiger partial charge in [-0.05, 0) is 48.4 Å². The van der Waals surface area contributed by atoms with E-state index in [4.69, 9.17) is 5.73 Å². The zero-order chi connectivity index (χ0) is 21.1. The minimum atomic E-state index is -0.534. The molecule has 4 rings (SSSR count). The molecular formula is C24H28FN3O2. The van der Waals surface area contributed by atoms with Crippen LogP contribution in [0.1, 0.15) is 42.4 Å². The van der Waals surface area contributed by atoms with Crippen molar-refractivity contribution in [1.82, 2.24) is 10.2 Å². The minimum absolute atomic E-state index is 0.0731. The second-order valence-corrected chi connectivity index (χ2v) is 8.41. The molecule has 0 bridgehead atoms. The summed E-state index contributed by atoms with van der Waals surface area (Å²) in [6.07, 6.45) is 3.98. The maximum absolute atomic E-state index is 13.9. The molecule has 2 atom stereocenters. The van der Waals surface area contributed by atoms with Gasteiger partial charge in [-0.15, -0.1) is 0 Å². The quantitative estimate of drug-likeness (QED) is 0.770. The summed E-state index contributed by atoms with van der Waals surface area (Å²) in [5, 5.41) is 3.09. The predicted octanol–water partition coefficient (Wildman–Crippen LogP) is 2.71. The number of benzene rings is 2. The number of halogens is 1. The van der Waals surface area contributed by atoms with Gasteiger partial charge in [0.1, 0.15) is 11.9 Å². The van der Waals surface area contributed by atoms with Gasteiger partial charge >= 0.3 is 0 Å². The lowest BCUT2D eigenvalue weighted by molar-refractivity contribution is -0.142. The highest BCUT2D eigenvalue weighted by Gasteiger charge is 2.36. The molecule has 2 aromatic rings. The van der Waals surface area contributed by atoms with E-state index in [9.17, 15) is 14.0 Å². The SMILES string of the molecule is N[C@@H](CC(=O)N1Cc2ccccc2C[C@H]1C(=O)NC1CCC1)Cc1ccccc1F. The predicted molar refractivity (Wildman–Crippen MR) is 113 cm³/mol. The number of nitrogens with two attached hydrogens (primary N) is 1. The Balaban J connectivity index is 1.47. The monoisotopic (exact) mass is 409 g/mol. The first-order chi connectivity index (χ1) is 14.5. The number of nitrogens with zero attached hydrogens (tertiary/aromatic N) is 1. The van der Waals surface area contributed by atoms with Crippen LogP contribution in [-0.4, -0.2) is 34.8 Å². The zero-order valence-electron chi connectivity index (χ0n) is 17.0. The molecule has 1 fully saturated rings. The molecule has 0 saturated heterocycles. The Kier molecular flexibility index (Phi) is 6.13. The van der Waals surface area contributed by atoms with Crippen molar-refractivity contribution in [1.29, 1.82) is 0 Å². The lowest BCUT2D eigenvalue weighted by atomic mass is 9.90. The molecule has 1 saturated carbocycles. The van der Waals surface area contributed by atoms with Gasteiger partial charge in [-0.1, -0.05) is 42.5 Å². The summed E-state index contributed by atoms with van der Waals surface area (Å²) in [6, 6.07) is 13.6.